The Bertz CT molecular complexity index is 2000. The van der Waals surface area contributed by atoms with Gasteiger partial charge in [0.1, 0.15) is 42.4 Å². The molecule has 2 amide bonds. The Morgan fingerprint density at radius 2 is 1.71 bits per heavy atom. The van der Waals surface area contributed by atoms with Crippen LogP contribution < -0.4 is 16.4 Å². The number of aliphatic hydroxyl groups is 3. The van der Waals surface area contributed by atoms with E-state index in [4.69, 9.17) is 24.6 Å². The Morgan fingerprint density at radius 3 is 2.34 bits per heavy atom. The molecule has 3 rings (SSSR count). The monoisotopic (exact) mass is 909 g/mol. The zero-order valence-electron chi connectivity index (χ0n) is 30.5. The van der Waals surface area contributed by atoms with Gasteiger partial charge in [0.15, 0.2) is 17.7 Å². The number of thioether (sulfide) groups is 1. The Balaban J connectivity index is 1.48. The lowest BCUT2D eigenvalue weighted by Gasteiger charge is -2.30. The number of phosphoric acid groups is 3. The molecular formula is C27H42N7O20P3S. The number of anilines is 1. The molecule has 0 aliphatic carbocycles. The first kappa shape index (κ1) is 49.1. The number of hydrogen-bond donors (Lipinski definition) is 11. The van der Waals surface area contributed by atoms with Crippen LogP contribution in [0.4, 0.5) is 5.82 Å². The Labute approximate surface area is 331 Å². The van der Waals surface area contributed by atoms with E-state index in [1.54, 1.807) is 0 Å². The van der Waals surface area contributed by atoms with Crippen molar-refractivity contribution < 1.29 is 95.5 Å². The van der Waals surface area contributed by atoms with Gasteiger partial charge >= 0.3 is 29.4 Å². The van der Waals surface area contributed by atoms with Crippen molar-refractivity contribution in [3.8, 4) is 0 Å². The molecule has 1 aliphatic heterocycles. The van der Waals surface area contributed by atoms with E-state index in [-0.39, 0.29) is 47.8 Å². The second kappa shape index (κ2) is 20.3. The SMILES string of the molecule is C/C(=C\C(=O)O)C(O)C(=O)SCCNC(=O)CCNC(=O)C(O)C(C)(C)COP(=O)(O)OP(=O)(O)OCC1OC(n2cnc3c(N)ncnc32)C(O)C1OP(=O)(O)O. The predicted octanol–water partition coefficient (Wildman–Crippen LogP) is -1.94. The summed E-state index contributed by atoms with van der Waals surface area (Å²) < 4.78 is 62.0. The smallest absolute Gasteiger partial charge is 0.478 e. The lowest BCUT2D eigenvalue weighted by atomic mass is 9.87. The van der Waals surface area contributed by atoms with Gasteiger partial charge in [-0.3, -0.25) is 32.5 Å². The number of nitrogens with one attached hydrogen (secondary N) is 2. The summed E-state index contributed by atoms with van der Waals surface area (Å²) in [6.07, 6.45) is -8.17. The number of carboxylic acid groups (broad SMARTS) is 1. The maximum atomic E-state index is 12.7. The fourth-order valence-corrected chi connectivity index (χ4v) is 8.40. The first-order valence-electron chi connectivity index (χ1n) is 16.4. The van der Waals surface area contributed by atoms with Crippen LogP contribution in [0.2, 0.25) is 0 Å². The average molecular weight is 910 g/mol. The number of carboxylic acids is 1. The van der Waals surface area contributed by atoms with Gasteiger partial charge in [-0.1, -0.05) is 25.6 Å². The van der Waals surface area contributed by atoms with E-state index in [1.807, 2.05) is 0 Å². The van der Waals surface area contributed by atoms with Crippen molar-refractivity contribution in [2.24, 2.45) is 5.41 Å². The minimum Gasteiger partial charge on any atom is -0.478 e. The highest BCUT2D eigenvalue weighted by Gasteiger charge is 2.50. The standard InChI is InChI=1S/C27H42N7O20P3S/c1-13(8-16(36)37)18(38)26(42)58-7-6-29-15(35)4-5-30-24(41)21(40)27(2,3)10-51-57(48,49)54-56(46,47)50-9-14-20(53-55(43,44)45)19(39)25(52-14)34-12-33-17-22(28)31-11-32-23(17)34/h8,11-12,14,18-21,25,38-40H,4-7,9-10H2,1-3H3,(H,29,35)(H,30,41)(H,36,37)(H,46,47)(H,48,49)(H2,28,31,32)(H2,43,44,45)/b13-8+. The number of phosphoric ester groups is 3. The molecule has 58 heavy (non-hydrogen) atoms. The molecule has 27 nitrogen and oxygen atoms in total. The second-order valence-corrected chi connectivity index (χ2v) is 18.2. The van der Waals surface area contributed by atoms with Crippen molar-refractivity contribution in [1.82, 2.24) is 30.2 Å². The number of carbonyl (C=O) groups is 4. The number of carbonyl (C=O) groups excluding carboxylic acids is 3. The lowest BCUT2D eigenvalue weighted by molar-refractivity contribution is -0.137. The topological polar surface area (TPSA) is 421 Å². The summed E-state index contributed by atoms with van der Waals surface area (Å²) in [5, 5.41) is 43.9. The third-order valence-corrected chi connectivity index (χ3v) is 11.8. The lowest BCUT2D eigenvalue weighted by Crippen LogP contribution is -2.46. The first-order chi connectivity index (χ1) is 26.7. The molecule has 326 valence electrons. The maximum absolute atomic E-state index is 12.7. The van der Waals surface area contributed by atoms with Crippen LogP contribution in [0.15, 0.2) is 24.3 Å². The normalized spacial score (nSPS) is 22.1. The van der Waals surface area contributed by atoms with Crippen molar-refractivity contribution >= 4 is 75.1 Å². The second-order valence-electron chi connectivity index (χ2n) is 12.9. The average Bonchev–Trinajstić information content (AvgIpc) is 3.67. The van der Waals surface area contributed by atoms with Gasteiger partial charge in [0, 0.05) is 36.8 Å². The number of aliphatic hydroxyl groups excluding tert-OH is 3. The van der Waals surface area contributed by atoms with Gasteiger partial charge in [-0.2, -0.15) is 4.31 Å². The van der Waals surface area contributed by atoms with Crippen molar-refractivity contribution in [2.45, 2.75) is 63.9 Å². The summed E-state index contributed by atoms with van der Waals surface area (Å²) in [4.78, 5) is 98.1. The maximum Gasteiger partial charge on any atom is 0.481 e. The third-order valence-electron chi connectivity index (χ3n) is 7.75. The van der Waals surface area contributed by atoms with Crippen LogP contribution in [0.1, 0.15) is 33.4 Å². The van der Waals surface area contributed by atoms with E-state index in [9.17, 15) is 67.8 Å². The number of aromatic nitrogens is 4. The number of nitrogens with two attached hydrogens (primary N) is 1. The summed E-state index contributed by atoms with van der Waals surface area (Å²) in [6.45, 7) is 1.26. The molecule has 8 unspecified atom stereocenters. The van der Waals surface area contributed by atoms with Crippen molar-refractivity contribution in [3.05, 3.63) is 24.3 Å². The molecule has 2 aromatic rings. The minimum absolute atomic E-state index is 0.0132. The summed E-state index contributed by atoms with van der Waals surface area (Å²) in [5.74, 6) is -2.98. The summed E-state index contributed by atoms with van der Waals surface area (Å²) in [7, 11) is -16.5. The summed E-state index contributed by atoms with van der Waals surface area (Å²) in [5.41, 5.74) is 4.08. The number of amides is 2. The zero-order valence-corrected chi connectivity index (χ0v) is 34.0. The summed E-state index contributed by atoms with van der Waals surface area (Å²) in [6, 6.07) is 0. The van der Waals surface area contributed by atoms with Crippen LogP contribution in [-0.4, -0.2) is 145 Å². The van der Waals surface area contributed by atoms with Gasteiger partial charge < -0.3 is 61.1 Å². The highest BCUT2D eigenvalue weighted by molar-refractivity contribution is 8.13. The van der Waals surface area contributed by atoms with Crippen LogP contribution in [0.25, 0.3) is 11.2 Å². The number of hydrogen-bond acceptors (Lipinski definition) is 20. The van der Waals surface area contributed by atoms with Crippen LogP contribution in [0.5, 0.6) is 0 Å². The molecule has 3 heterocycles. The van der Waals surface area contributed by atoms with E-state index in [0.717, 1.165) is 17.2 Å². The molecule has 31 heteroatoms. The van der Waals surface area contributed by atoms with Crippen LogP contribution >= 0.6 is 35.2 Å². The van der Waals surface area contributed by atoms with Gasteiger partial charge in [0.05, 0.1) is 19.5 Å². The molecule has 12 N–H and O–H groups in total. The number of ether oxygens (including phenoxy) is 1. The van der Waals surface area contributed by atoms with Crippen molar-refractivity contribution in [2.75, 3.05) is 37.8 Å². The minimum atomic E-state index is -5.60. The first-order valence-corrected chi connectivity index (χ1v) is 21.9. The number of imidazole rings is 1. The highest BCUT2D eigenvalue weighted by atomic mass is 32.2. The number of nitrogen functional groups attached to an aromatic ring is 1. The zero-order chi connectivity index (χ0) is 43.8. The molecule has 0 saturated carbocycles. The van der Waals surface area contributed by atoms with E-state index in [0.29, 0.717) is 17.8 Å². The third kappa shape index (κ3) is 14.5. The molecule has 2 aromatic heterocycles. The fraction of sp³-hybridized carbons (Fsp3) is 0.593. The molecule has 0 radical (unpaired) electrons. The number of nitrogens with zero attached hydrogens (tertiary/aromatic N) is 4. The largest absolute Gasteiger partial charge is 0.481 e. The van der Waals surface area contributed by atoms with Gasteiger partial charge in [-0.05, 0) is 12.5 Å². The van der Waals surface area contributed by atoms with Gasteiger partial charge in [0.25, 0.3) is 0 Å². The molecule has 8 atom stereocenters. The number of rotatable bonds is 22. The van der Waals surface area contributed by atoms with E-state index in [1.165, 1.54) is 20.8 Å². The Hall–Kier alpha value is -3.27. The molecular weight excluding hydrogens is 867 g/mol. The van der Waals surface area contributed by atoms with E-state index in [2.05, 4.69) is 34.4 Å². The van der Waals surface area contributed by atoms with Crippen LogP contribution in [0.3, 0.4) is 0 Å². The summed E-state index contributed by atoms with van der Waals surface area (Å²) >= 11 is 0.650. The van der Waals surface area contributed by atoms with Crippen LogP contribution in [-0.2, 0) is 55.5 Å². The molecule has 1 saturated heterocycles. The number of fused-ring (bicyclic) bond motifs is 1. The van der Waals surface area contributed by atoms with Gasteiger partial charge in [-0.25, -0.2) is 33.4 Å². The Kier molecular flexibility index (Phi) is 17.2. The molecule has 0 aromatic carbocycles. The van der Waals surface area contributed by atoms with E-state index < -0.39 is 102 Å². The van der Waals surface area contributed by atoms with Crippen molar-refractivity contribution in [1.29, 1.82) is 0 Å². The molecule has 1 aliphatic rings. The van der Waals surface area contributed by atoms with Gasteiger partial charge in [0.2, 0.25) is 16.9 Å². The van der Waals surface area contributed by atoms with Crippen molar-refractivity contribution in [3.63, 3.8) is 0 Å². The van der Waals surface area contributed by atoms with Gasteiger partial charge in [-0.15, -0.1) is 0 Å². The fourth-order valence-electron chi connectivity index (χ4n) is 4.82. The number of aliphatic carboxylic acids is 1. The van der Waals surface area contributed by atoms with E-state index >= 15 is 0 Å². The molecule has 0 spiro atoms. The Morgan fingerprint density at radius 1 is 1.05 bits per heavy atom. The quantitative estimate of drug-likeness (QED) is 0.0348. The molecule has 0 bridgehead atoms. The highest BCUT2D eigenvalue weighted by Crippen LogP contribution is 2.61. The molecule has 1 fully saturated rings. The van der Waals surface area contributed by atoms with Crippen LogP contribution in [0, 0.1) is 5.41 Å². The predicted molar refractivity (Wildman–Crippen MR) is 194 cm³/mol.